The zero-order valence-electron chi connectivity index (χ0n) is 15.4. The number of aromatic nitrogens is 1. The van der Waals surface area contributed by atoms with E-state index in [2.05, 4.69) is 9.98 Å². The van der Waals surface area contributed by atoms with E-state index in [0.717, 1.165) is 22.4 Å². The maximum absolute atomic E-state index is 13.1. The van der Waals surface area contributed by atoms with Crippen molar-refractivity contribution < 1.29 is 9.53 Å². The third-order valence-electron chi connectivity index (χ3n) is 4.49. The summed E-state index contributed by atoms with van der Waals surface area (Å²) >= 11 is 0. The molecule has 1 aliphatic rings. The van der Waals surface area contributed by atoms with Crippen LogP contribution in [0.5, 0.6) is 5.75 Å². The van der Waals surface area contributed by atoms with Crippen molar-refractivity contribution in [2.24, 2.45) is 4.99 Å². The van der Waals surface area contributed by atoms with E-state index in [1.165, 1.54) is 0 Å². The molecule has 3 aromatic rings. The first kappa shape index (κ1) is 17.7. The molecule has 0 radical (unpaired) electrons. The van der Waals surface area contributed by atoms with Crippen LogP contribution in [0, 0.1) is 0 Å². The maximum atomic E-state index is 13.1. The Hall–Kier alpha value is -3.73. The predicted octanol–water partition coefficient (Wildman–Crippen LogP) is 3.92. The van der Waals surface area contributed by atoms with Crippen LogP contribution in [0.1, 0.15) is 16.7 Å². The van der Waals surface area contributed by atoms with Crippen LogP contribution in [0.4, 0.5) is 0 Å². The number of rotatable bonds is 5. The highest BCUT2D eigenvalue weighted by Gasteiger charge is 2.31. The standard InChI is InChI=1S/C23H19N3O2/c1-28-20-9-7-17(8-10-20)15-21-23(27)26(16-18-11-13-24-14-12-18)22(25-21)19-5-3-2-4-6-19/h2-15H,16H2,1H3/b21-15+. The molecule has 5 nitrogen and oxygen atoms in total. The number of pyridine rings is 1. The highest BCUT2D eigenvalue weighted by atomic mass is 16.5. The van der Waals surface area contributed by atoms with E-state index in [-0.39, 0.29) is 5.91 Å². The summed E-state index contributed by atoms with van der Waals surface area (Å²) in [4.78, 5) is 23.5. The summed E-state index contributed by atoms with van der Waals surface area (Å²) in [5.74, 6) is 1.31. The Kier molecular flexibility index (Phi) is 4.97. The summed E-state index contributed by atoms with van der Waals surface area (Å²) in [6.07, 6.45) is 5.25. The molecular formula is C23H19N3O2. The molecule has 0 bridgehead atoms. The Labute approximate surface area is 163 Å². The second kappa shape index (κ2) is 7.88. The first-order valence-corrected chi connectivity index (χ1v) is 8.95. The maximum Gasteiger partial charge on any atom is 0.278 e. The van der Waals surface area contributed by atoms with Crippen LogP contribution in [-0.2, 0) is 11.3 Å². The van der Waals surface area contributed by atoms with Gasteiger partial charge in [0.15, 0.2) is 0 Å². The molecule has 2 aromatic carbocycles. The molecule has 0 saturated carbocycles. The first-order chi connectivity index (χ1) is 13.7. The van der Waals surface area contributed by atoms with Gasteiger partial charge in [0.05, 0.1) is 13.7 Å². The number of amides is 1. The van der Waals surface area contributed by atoms with Crippen molar-refractivity contribution in [1.29, 1.82) is 0 Å². The zero-order valence-corrected chi connectivity index (χ0v) is 15.4. The van der Waals surface area contributed by atoms with Gasteiger partial charge in [-0.2, -0.15) is 0 Å². The van der Waals surface area contributed by atoms with Gasteiger partial charge in [-0.1, -0.05) is 42.5 Å². The van der Waals surface area contributed by atoms with Crippen molar-refractivity contribution in [3.63, 3.8) is 0 Å². The molecule has 138 valence electrons. The predicted molar refractivity (Wildman–Crippen MR) is 109 cm³/mol. The topological polar surface area (TPSA) is 54.8 Å². The van der Waals surface area contributed by atoms with Crippen molar-refractivity contribution in [1.82, 2.24) is 9.88 Å². The van der Waals surface area contributed by atoms with Gasteiger partial charge in [-0.05, 0) is 41.5 Å². The van der Waals surface area contributed by atoms with Gasteiger partial charge < -0.3 is 4.74 Å². The molecule has 2 heterocycles. The number of hydrogen-bond acceptors (Lipinski definition) is 4. The van der Waals surface area contributed by atoms with Gasteiger partial charge in [-0.15, -0.1) is 0 Å². The van der Waals surface area contributed by atoms with E-state index in [1.54, 1.807) is 30.5 Å². The van der Waals surface area contributed by atoms with Crippen molar-refractivity contribution in [3.05, 3.63) is 102 Å². The van der Waals surface area contributed by atoms with Crippen LogP contribution in [0.2, 0.25) is 0 Å². The summed E-state index contributed by atoms with van der Waals surface area (Å²) in [6, 6.07) is 21.1. The van der Waals surface area contributed by atoms with Gasteiger partial charge in [-0.25, -0.2) is 4.99 Å². The highest BCUT2D eigenvalue weighted by molar-refractivity contribution is 6.19. The fraction of sp³-hybridized carbons (Fsp3) is 0.0870. The lowest BCUT2D eigenvalue weighted by Crippen LogP contribution is -2.32. The van der Waals surface area contributed by atoms with Gasteiger partial charge in [-0.3, -0.25) is 14.7 Å². The fourth-order valence-electron chi connectivity index (χ4n) is 3.03. The zero-order chi connectivity index (χ0) is 19.3. The van der Waals surface area contributed by atoms with Gasteiger partial charge >= 0.3 is 0 Å². The van der Waals surface area contributed by atoms with E-state index >= 15 is 0 Å². The molecule has 0 saturated heterocycles. The normalized spacial score (nSPS) is 15.0. The summed E-state index contributed by atoms with van der Waals surface area (Å²) < 4.78 is 5.19. The lowest BCUT2D eigenvalue weighted by atomic mass is 10.1. The van der Waals surface area contributed by atoms with Crippen LogP contribution < -0.4 is 4.74 Å². The molecule has 1 amide bonds. The Balaban J connectivity index is 1.70. The van der Waals surface area contributed by atoms with Crippen LogP contribution >= 0.6 is 0 Å². The molecule has 0 atom stereocenters. The minimum absolute atomic E-state index is 0.119. The van der Waals surface area contributed by atoms with Gasteiger partial charge in [0.2, 0.25) is 0 Å². The number of nitrogens with zero attached hydrogens (tertiary/aromatic N) is 3. The van der Waals surface area contributed by atoms with Crippen LogP contribution in [0.25, 0.3) is 6.08 Å². The molecule has 0 unspecified atom stereocenters. The largest absolute Gasteiger partial charge is 0.497 e. The summed E-state index contributed by atoms with van der Waals surface area (Å²) in [5, 5.41) is 0. The summed E-state index contributed by atoms with van der Waals surface area (Å²) in [6.45, 7) is 0.440. The van der Waals surface area contributed by atoms with Crippen LogP contribution in [0.3, 0.4) is 0 Å². The third-order valence-corrected chi connectivity index (χ3v) is 4.49. The molecule has 5 heteroatoms. The second-order valence-electron chi connectivity index (χ2n) is 6.35. The van der Waals surface area contributed by atoms with Crippen LogP contribution in [-0.4, -0.2) is 28.7 Å². The number of carbonyl (C=O) groups excluding carboxylic acids is 1. The molecule has 0 fully saturated rings. The molecule has 1 aliphatic heterocycles. The number of benzene rings is 2. The minimum Gasteiger partial charge on any atom is -0.497 e. The van der Waals surface area contributed by atoms with Crippen LogP contribution in [0.15, 0.2) is 89.8 Å². The molecule has 1 aromatic heterocycles. The number of amidine groups is 1. The van der Waals surface area contributed by atoms with Gasteiger partial charge in [0.25, 0.3) is 5.91 Å². The summed E-state index contributed by atoms with van der Waals surface area (Å²) in [7, 11) is 1.63. The minimum atomic E-state index is -0.119. The quantitative estimate of drug-likeness (QED) is 0.641. The van der Waals surface area contributed by atoms with E-state index in [9.17, 15) is 4.79 Å². The number of carbonyl (C=O) groups is 1. The SMILES string of the molecule is COc1ccc(/C=C2/N=C(c3ccccc3)N(Cc3ccncc3)C2=O)cc1. The van der Waals surface area contributed by atoms with E-state index in [0.29, 0.717) is 18.1 Å². The van der Waals surface area contributed by atoms with Gasteiger partial charge in [0.1, 0.15) is 17.3 Å². The first-order valence-electron chi connectivity index (χ1n) is 8.95. The number of hydrogen-bond donors (Lipinski definition) is 0. The monoisotopic (exact) mass is 369 g/mol. The fourth-order valence-corrected chi connectivity index (χ4v) is 3.03. The lowest BCUT2D eigenvalue weighted by Gasteiger charge is -2.18. The molecule has 0 N–H and O–H groups in total. The lowest BCUT2D eigenvalue weighted by molar-refractivity contribution is -0.123. The average Bonchev–Trinajstić information content (AvgIpc) is 3.05. The Morgan fingerprint density at radius 2 is 1.68 bits per heavy atom. The van der Waals surface area contributed by atoms with Crippen molar-refractivity contribution >= 4 is 17.8 Å². The molecule has 28 heavy (non-hydrogen) atoms. The summed E-state index contributed by atoms with van der Waals surface area (Å²) in [5.41, 5.74) is 3.21. The number of ether oxygens (including phenoxy) is 1. The molecular weight excluding hydrogens is 350 g/mol. The van der Waals surface area contributed by atoms with Gasteiger partial charge in [0, 0.05) is 18.0 Å². The molecule has 4 rings (SSSR count). The van der Waals surface area contributed by atoms with E-state index < -0.39 is 0 Å². The smallest absolute Gasteiger partial charge is 0.278 e. The van der Waals surface area contributed by atoms with Crippen molar-refractivity contribution in [2.75, 3.05) is 7.11 Å². The third kappa shape index (κ3) is 3.69. The average molecular weight is 369 g/mol. The Morgan fingerprint density at radius 3 is 2.36 bits per heavy atom. The highest BCUT2D eigenvalue weighted by Crippen LogP contribution is 2.24. The Morgan fingerprint density at radius 1 is 0.964 bits per heavy atom. The van der Waals surface area contributed by atoms with Crippen molar-refractivity contribution in [3.8, 4) is 5.75 Å². The second-order valence-corrected chi connectivity index (χ2v) is 6.35. The number of aliphatic imine (C=N–C) groups is 1. The van der Waals surface area contributed by atoms with E-state index in [1.807, 2.05) is 66.7 Å². The van der Waals surface area contributed by atoms with Crippen molar-refractivity contribution in [2.45, 2.75) is 6.54 Å². The Bertz CT molecular complexity index is 1030. The van der Waals surface area contributed by atoms with E-state index in [4.69, 9.17) is 4.74 Å². The molecule has 0 spiro atoms. The molecule has 0 aliphatic carbocycles. The number of methoxy groups -OCH3 is 1.